The maximum atomic E-state index is 12.7. The summed E-state index contributed by atoms with van der Waals surface area (Å²) in [6.45, 7) is 5.23. The Bertz CT molecular complexity index is 505. The third-order valence-electron chi connectivity index (χ3n) is 3.72. The van der Waals surface area contributed by atoms with Crippen molar-refractivity contribution in [1.82, 2.24) is 10.2 Å². The van der Waals surface area contributed by atoms with Gasteiger partial charge in [0.05, 0.1) is 12.6 Å². The highest BCUT2D eigenvalue weighted by atomic mass is 19.3. The summed E-state index contributed by atoms with van der Waals surface area (Å²) in [4.78, 5) is 13.4. The highest BCUT2D eigenvalue weighted by molar-refractivity contribution is 5.84. The first-order chi connectivity index (χ1) is 9.43. The fourth-order valence-electron chi connectivity index (χ4n) is 2.63. The van der Waals surface area contributed by atoms with Crippen molar-refractivity contribution in [3.8, 4) is 0 Å². The Morgan fingerprint density at radius 2 is 2.05 bits per heavy atom. The van der Waals surface area contributed by atoms with Crippen LogP contribution < -0.4 is 5.32 Å². The van der Waals surface area contributed by atoms with Gasteiger partial charge < -0.3 is 4.90 Å². The van der Waals surface area contributed by atoms with E-state index in [1.54, 1.807) is 0 Å². The first kappa shape index (κ1) is 14.9. The zero-order valence-electron chi connectivity index (χ0n) is 12.0. The Labute approximate surface area is 118 Å². The summed E-state index contributed by atoms with van der Waals surface area (Å²) in [5.74, 6) is -0.237. The molecule has 20 heavy (non-hydrogen) atoms. The summed E-state index contributed by atoms with van der Waals surface area (Å²) in [7, 11) is 0. The molecule has 0 radical (unpaired) electrons. The summed E-state index contributed by atoms with van der Waals surface area (Å²) in [5.41, 5.74) is 2.95. The Morgan fingerprint density at radius 3 is 2.65 bits per heavy atom. The van der Waals surface area contributed by atoms with Crippen molar-refractivity contribution < 1.29 is 13.6 Å². The minimum absolute atomic E-state index is 0.237. The summed E-state index contributed by atoms with van der Waals surface area (Å²) in [6, 6.07) is 5.51. The molecule has 0 bridgehead atoms. The topological polar surface area (TPSA) is 32.3 Å². The second-order valence-corrected chi connectivity index (χ2v) is 5.27. The van der Waals surface area contributed by atoms with E-state index in [4.69, 9.17) is 0 Å². The molecule has 1 fully saturated rings. The van der Waals surface area contributed by atoms with Gasteiger partial charge in [0.1, 0.15) is 6.17 Å². The van der Waals surface area contributed by atoms with Crippen LogP contribution in [-0.2, 0) is 4.79 Å². The van der Waals surface area contributed by atoms with Crippen LogP contribution in [-0.4, -0.2) is 29.8 Å². The van der Waals surface area contributed by atoms with Crippen molar-refractivity contribution in [2.75, 3.05) is 6.54 Å². The van der Waals surface area contributed by atoms with Crippen LogP contribution in [0.2, 0.25) is 0 Å². The van der Waals surface area contributed by atoms with Crippen molar-refractivity contribution in [1.29, 1.82) is 0 Å². The Hall–Kier alpha value is -1.49. The van der Waals surface area contributed by atoms with Gasteiger partial charge in [0, 0.05) is 0 Å². The van der Waals surface area contributed by atoms with Gasteiger partial charge in [-0.2, -0.15) is 0 Å². The van der Waals surface area contributed by atoms with E-state index in [0.29, 0.717) is 6.42 Å². The fraction of sp³-hybridized carbons (Fsp3) is 0.533. The van der Waals surface area contributed by atoms with E-state index in [-0.39, 0.29) is 11.9 Å². The zero-order chi connectivity index (χ0) is 14.9. The summed E-state index contributed by atoms with van der Waals surface area (Å²) in [6.07, 6.45) is -2.38. The molecule has 1 aromatic rings. The monoisotopic (exact) mass is 282 g/mol. The SMILES string of the molecule is CCC1NC(c2cc(C)ccc2C)N(CC(F)F)C1=O. The molecule has 0 aromatic heterocycles. The van der Waals surface area contributed by atoms with E-state index in [0.717, 1.165) is 16.7 Å². The van der Waals surface area contributed by atoms with E-state index in [1.165, 1.54) is 4.90 Å². The second kappa shape index (κ2) is 5.87. The number of carbonyl (C=O) groups is 1. The van der Waals surface area contributed by atoms with Gasteiger partial charge >= 0.3 is 0 Å². The predicted molar refractivity (Wildman–Crippen MR) is 73.6 cm³/mol. The largest absolute Gasteiger partial charge is 0.316 e. The number of halogens is 2. The van der Waals surface area contributed by atoms with Gasteiger partial charge in [-0.3, -0.25) is 10.1 Å². The van der Waals surface area contributed by atoms with Crippen LogP contribution in [0.1, 0.15) is 36.2 Å². The lowest BCUT2D eigenvalue weighted by Crippen LogP contribution is -2.35. The molecule has 1 aliphatic heterocycles. The molecule has 3 nitrogen and oxygen atoms in total. The number of alkyl halides is 2. The maximum absolute atomic E-state index is 12.7. The van der Waals surface area contributed by atoms with Crippen LogP contribution in [0.4, 0.5) is 8.78 Å². The van der Waals surface area contributed by atoms with Crippen molar-refractivity contribution in [2.45, 2.75) is 45.8 Å². The zero-order valence-corrected chi connectivity index (χ0v) is 12.0. The number of rotatable bonds is 4. The standard InChI is InChI=1S/C15H20F2N2O/c1-4-12-15(20)19(8-13(16)17)14(18-12)11-7-9(2)5-6-10(11)3/h5-7,12-14,18H,4,8H2,1-3H3. The lowest BCUT2D eigenvalue weighted by Gasteiger charge is -2.25. The quantitative estimate of drug-likeness (QED) is 0.921. The lowest BCUT2D eigenvalue weighted by atomic mass is 10.0. The van der Waals surface area contributed by atoms with Crippen LogP contribution in [0.25, 0.3) is 0 Å². The summed E-state index contributed by atoms with van der Waals surface area (Å²) >= 11 is 0. The smallest absolute Gasteiger partial charge is 0.255 e. The van der Waals surface area contributed by atoms with Crippen LogP contribution in [0.15, 0.2) is 18.2 Å². The maximum Gasteiger partial charge on any atom is 0.255 e. The minimum Gasteiger partial charge on any atom is -0.316 e. The molecule has 0 saturated carbocycles. The first-order valence-corrected chi connectivity index (χ1v) is 6.85. The Morgan fingerprint density at radius 1 is 1.35 bits per heavy atom. The van der Waals surface area contributed by atoms with Crippen molar-refractivity contribution in [2.24, 2.45) is 0 Å². The molecule has 1 amide bonds. The fourth-order valence-corrected chi connectivity index (χ4v) is 2.63. The van der Waals surface area contributed by atoms with Gasteiger partial charge in [-0.15, -0.1) is 0 Å². The van der Waals surface area contributed by atoms with E-state index < -0.39 is 19.1 Å². The van der Waals surface area contributed by atoms with E-state index in [9.17, 15) is 13.6 Å². The van der Waals surface area contributed by atoms with Crippen LogP contribution in [0.3, 0.4) is 0 Å². The predicted octanol–water partition coefficient (Wildman–Crippen LogP) is 2.78. The second-order valence-electron chi connectivity index (χ2n) is 5.27. The van der Waals surface area contributed by atoms with Crippen LogP contribution in [0, 0.1) is 13.8 Å². The number of aryl methyl sites for hydroxylation is 2. The molecule has 0 spiro atoms. The minimum atomic E-state index is -2.52. The number of hydrogen-bond donors (Lipinski definition) is 1. The Kier molecular flexibility index (Phi) is 4.38. The number of nitrogens with zero attached hydrogens (tertiary/aromatic N) is 1. The normalized spacial score (nSPS) is 22.9. The molecule has 2 atom stereocenters. The van der Waals surface area contributed by atoms with Gasteiger partial charge in [0.2, 0.25) is 5.91 Å². The number of carbonyl (C=O) groups excluding carboxylic acids is 1. The molecule has 1 saturated heterocycles. The van der Waals surface area contributed by atoms with Gasteiger partial charge in [-0.25, -0.2) is 8.78 Å². The van der Waals surface area contributed by atoms with Crippen LogP contribution >= 0.6 is 0 Å². The molecule has 1 N–H and O–H groups in total. The molecule has 1 aliphatic rings. The number of nitrogens with one attached hydrogen (secondary N) is 1. The highest BCUT2D eigenvalue weighted by Crippen LogP contribution is 2.29. The average Bonchev–Trinajstić information content (AvgIpc) is 2.69. The molecule has 110 valence electrons. The van der Waals surface area contributed by atoms with E-state index in [1.807, 2.05) is 39.0 Å². The average molecular weight is 282 g/mol. The van der Waals surface area contributed by atoms with E-state index in [2.05, 4.69) is 5.32 Å². The van der Waals surface area contributed by atoms with Crippen molar-refractivity contribution >= 4 is 5.91 Å². The van der Waals surface area contributed by atoms with Gasteiger partial charge in [0.15, 0.2) is 0 Å². The third-order valence-corrected chi connectivity index (χ3v) is 3.72. The van der Waals surface area contributed by atoms with Crippen molar-refractivity contribution in [3.05, 3.63) is 34.9 Å². The molecule has 1 heterocycles. The third kappa shape index (κ3) is 2.82. The molecular weight excluding hydrogens is 262 g/mol. The summed E-state index contributed by atoms with van der Waals surface area (Å²) < 4.78 is 25.5. The first-order valence-electron chi connectivity index (χ1n) is 6.85. The lowest BCUT2D eigenvalue weighted by molar-refractivity contribution is -0.132. The highest BCUT2D eigenvalue weighted by Gasteiger charge is 2.40. The van der Waals surface area contributed by atoms with Gasteiger partial charge in [-0.05, 0) is 31.4 Å². The van der Waals surface area contributed by atoms with E-state index >= 15 is 0 Å². The molecule has 2 unspecified atom stereocenters. The summed E-state index contributed by atoms with van der Waals surface area (Å²) in [5, 5.41) is 3.17. The molecule has 0 aliphatic carbocycles. The van der Waals surface area contributed by atoms with Gasteiger partial charge in [-0.1, -0.05) is 30.7 Å². The molecule has 5 heteroatoms. The Balaban J connectivity index is 2.36. The number of hydrogen-bond acceptors (Lipinski definition) is 2. The number of benzene rings is 1. The van der Waals surface area contributed by atoms with Crippen molar-refractivity contribution in [3.63, 3.8) is 0 Å². The molecule has 2 rings (SSSR count). The van der Waals surface area contributed by atoms with Gasteiger partial charge in [0.25, 0.3) is 6.43 Å². The van der Waals surface area contributed by atoms with Crippen LogP contribution in [0.5, 0.6) is 0 Å². The number of amides is 1. The molecular formula is C15H20F2N2O. The molecule has 1 aromatic carbocycles.